The van der Waals surface area contributed by atoms with Crippen molar-refractivity contribution in [2.45, 2.75) is 30.1 Å². The molecule has 1 heterocycles. The second kappa shape index (κ2) is 7.92. The first-order chi connectivity index (χ1) is 13.5. The SMILES string of the molecule is N[S+]([O-])c1cc(NC(=O)Cc2ccccc2Cl)ccc1-c1noc(C2CC2)n1. The molecule has 3 aromatic rings. The summed E-state index contributed by atoms with van der Waals surface area (Å²) in [6.45, 7) is 0. The van der Waals surface area contributed by atoms with Gasteiger partial charge in [-0.05, 0) is 36.6 Å². The third-order valence-electron chi connectivity index (χ3n) is 4.40. The number of rotatable bonds is 6. The standard InChI is InChI=1S/C19H17ClN4O3S/c20-15-4-2-1-3-12(15)9-17(25)22-13-7-8-14(16(10-13)28(21)26)18-23-19(27-24-18)11-5-6-11/h1-4,7-8,10-11H,5-6,9,21H2,(H,22,25). The highest BCUT2D eigenvalue weighted by Gasteiger charge is 2.30. The van der Waals surface area contributed by atoms with Crippen molar-refractivity contribution in [1.82, 2.24) is 10.1 Å². The van der Waals surface area contributed by atoms with Gasteiger partial charge < -0.3 is 14.4 Å². The highest BCUT2D eigenvalue weighted by Crippen LogP contribution is 2.40. The number of nitrogens with zero attached hydrogens (tertiary/aromatic N) is 2. The Labute approximate surface area is 169 Å². The molecule has 1 aromatic heterocycles. The zero-order valence-corrected chi connectivity index (χ0v) is 16.3. The van der Waals surface area contributed by atoms with Crippen molar-refractivity contribution in [3.05, 3.63) is 58.9 Å². The van der Waals surface area contributed by atoms with Crippen LogP contribution in [0.15, 0.2) is 51.9 Å². The van der Waals surface area contributed by atoms with Gasteiger partial charge in [-0.25, -0.2) is 0 Å². The summed E-state index contributed by atoms with van der Waals surface area (Å²) in [4.78, 5) is 17.0. The van der Waals surface area contributed by atoms with Crippen molar-refractivity contribution >= 4 is 34.6 Å². The van der Waals surface area contributed by atoms with E-state index in [1.165, 1.54) is 0 Å². The van der Waals surface area contributed by atoms with Crippen LogP contribution in [0.5, 0.6) is 0 Å². The molecule has 1 aliphatic carbocycles. The molecule has 0 bridgehead atoms. The van der Waals surface area contributed by atoms with Crippen molar-refractivity contribution < 1.29 is 13.9 Å². The Morgan fingerprint density at radius 2 is 2.11 bits per heavy atom. The molecule has 144 valence electrons. The molecule has 0 saturated heterocycles. The van der Waals surface area contributed by atoms with Crippen LogP contribution in [0, 0.1) is 0 Å². The number of hydrogen-bond acceptors (Lipinski definition) is 6. The lowest BCUT2D eigenvalue weighted by atomic mass is 10.1. The number of benzene rings is 2. The quantitative estimate of drug-likeness (QED) is 0.594. The number of anilines is 1. The van der Waals surface area contributed by atoms with Gasteiger partial charge in [-0.1, -0.05) is 35.0 Å². The minimum absolute atomic E-state index is 0.123. The van der Waals surface area contributed by atoms with Crippen LogP contribution in [0.2, 0.25) is 5.02 Å². The molecule has 1 saturated carbocycles. The van der Waals surface area contributed by atoms with Gasteiger partial charge in [0.05, 0.1) is 23.3 Å². The van der Waals surface area contributed by atoms with Crippen LogP contribution in [-0.2, 0) is 22.6 Å². The number of nitrogens with one attached hydrogen (secondary N) is 1. The van der Waals surface area contributed by atoms with Crippen molar-refractivity contribution in [1.29, 1.82) is 0 Å². The van der Waals surface area contributed by atoms with Crippen molar-refractivity contribution in [3.63, 3.8) is 0 Å². The monoisotopic (exact) mass is 416 g/mol. The average molecular weight is 417 g/mol. The van der Waals surface area contributed by atoms with Crippen molar-refractivity contribution in [2.75, 3.05) is 5.32 Å². The Morgan fingerprint density at radius 1 is 1.32 bits per heavy atom. The molecule has 1 atom stereocenters. The normalized spacial score (nSPS) is 14.7. The number of nitrogens with two attached hydrogens (primary N) is 1. The number of aromatic nitrogens is 2. The Morgan fingerprint density at radius 3 is 2.82 bits per heavy atom. The number of hydrogen-bond donors (Lipinski definition) is 2. The Hall–Kier alpha value is -2.39. The Bertz CT molecular complexity index is 1020. The second-order valence-electron chi connectivity index (χ2n) is 6.56. The summed E-state index contributed by atoms with van der Waals surface area (Å²) in [5.41, 5.74) is 1.71. The van der Waals surface area contributed by atoms with Crippen molar-refractivity contribution in [3.8, 4) is 11.4 Å². The van der Waals surface area contributed by atoms with Crippen molar-refractivity contribution in [2.24, 2.45) is 5.14 Å². The summed E-state index contributed by atoms with van der Waals surface area (Å²) in [6.07, 6.45) is 2.19. The minimum Gasteiger partial charge on any atom is -0.593 e. The molecule has 0 spiro atoms. The molecule has 2 aromatic carbocycles. The predicted molar refractivity (Wildman–Crippen MR) is 106 cm³/mol. The van der Waals surface area contributed by atoms with Crippen LogP contribution in [0.4, 0.5) is 5.69 Å². The highest BCUT2D eigenvalue weighted by atomic mass is 35.5. The van der Waals surface area contributed by atoms with E-state index in [9.17, 15) is 9.35 Å². The third-order valence-corrected chi connectivity index (χ3v) is 5.54. The molecule has 3 N–H and O–H groups in total. The van der Waals surface area contributed by atoms with Crippen LogP contribution < -0.4 is 10.5 Å². The number of carbonyl (C=O) groups excluding carboxylic acids is 1. The van der Waals surface area contributed by atoms with E-state index in [0.29, 0.717) is 38.8 Å². The lowest BCUT2D eigenvalue weighted by Gasteiger charge is -2.11. The zero-order valence-electron chi connectivity index (χ0n) is 14.7. The maximum Gasteiger partial charge on any atom is 0.230 e. The Balaban J connectivity index is 1.54. The van der Waals surface area contributed by atoms with Crippen LogP contribution in [0.1, 0.15) is 30.2 Å². The van der Waals surface area contributed by atoms with Gasteiger partial charge in [-0.15, -0.1) is 5.14 Å². The van der Waals surface area contributed by atoms with Gasteiger partial charge in [-0.2, -0.15) is 4.98 Å². The fourth-order valence-corrected chi connectivity index (χ4v) is 3.63. The minimum atomic E-state index is -1.79. The molecule has 28 heavy (non-hydrogen) atoms. The summed E-state index contributed by atoms with van der Waals surface area (Å²) in [5.74, 6) is 0.993. The van der Waals surface area contributed by atoms with E-state index in [4.69, 9.17) is 21.3 Å². The number of amides is 1. The lowest BCUT2D eigenvalue weighted by Crippen LogP contribution is -2.17. The maximum absolute atomic E-state index is 12.3. The molecule has 1 unspecified atom stereocenters. The van der Waals surface area contributed by atoms with Gasteiger partial charge in [0.1, 0.15) is 0 Å². The first kappa shape index (κ1) is 18.9. The molecule has 7 nitrogen and oxygen atoms in total. The van der Waals surface area contributed by atoms with E-state index < -0.39 is 11.4 Å². The zero-order chi connectivity index (χ0) is 19.7. The molecule has 0 radical (unpaired) electrons. The number of halogens is 1. The van der Waals surface area contributed by atoms with E-state index in [0.717, 1.165) is 18.4 Å². The van der Waals surface area contributed by atoms with Crippen LogP contribution in [0.25, 0.3) is 11.4 Å². The van der Waals surface area contributed by atoms with Gasteiger partial charge in [-0.3, -0.25) is 4.79 Å². The topological polar surface area (TPSA) is 117 Å². The van der Waals surface area contributed by atoms with Crippen LogP contribution >= 0.6 is 11.6 Å². The van der Waals surface area contributed by atoms with E-state index in [1.54, 1.807) is 36.4 Å². The summed E-state index contributed by atoms with van der Waals surface area (Å²) < 4.78 is 17.3. The molecule has 4 rings (SSSR count). The van der Waals surface area contributed by atoms with Crippen LogP contribution in [0.3, 0.4) is 0 Å². The second-order valence-corrected chi connectivity index (χ2v) is 8.00. The molecule has 0 aliphatic heterocycles. The summed E-state index contributed by atoms with van der Waals surface area (Å²) in [7, 11) is 0. The van der Waals surface area contributed by atoms with Gasteiger partial charge in [0.15, 0.2) is 4.90 Å². The van der Waals surface area contributed by atoms with Gasteiger partial charge in [0, 0.05) is 22.7 Å². The first-order valence-electron chi connectivity index (χ1n) is 8.68. The molecule has 1 aliphatic rings. The first-order valence-corrected chi connectivity index (χ1v) is 10.3. The highest BCUT2D eigenvalue weighted by molar-refractivity contribution is 7.89. The Kier molecular flexibility index (Phi) is 5.36. The van der Waals surface area contributed by atoms with E-state index in [-0.39, 0.29) is 12.3 Å². The van der Waals surface area contributed by atoms with Crippen LogP contribution in [-0.4, -0.2) is 20.6 Å². The number of carbonyl (C=O) groups is 1. The molecular weight excluding hydrogens is 400 g/mol. The third kappa shape index (κ3) is 4.20. The predicted octanol–water partition coefficient (Wildman–Crippen LogP) is 3.43. The summed E-state index contributed by atoms with van der Waals surface area (Å²) >= 11 is 4.31. The van der Waals surface area contributed by atoms with E-state index in [2.05, 4.69) is 15.5 Å². The largest absolute Gasteiger partial charge is 0.593 e. The smallest absolute Gasteiger partial charge is 0.230 e. The van der Waals surface area contributed by atoms with Gasteiger partial charge in [0.2, 0.25) is 17.6 Å². The lowest BCUT2D eigenvalue weighted by molar-refractivity contribution is -0.115. The molecule has 1 fully saturated rings. The van der Waals surface area contributed by atoms with Gasteiger partial charge >= 0.3 is 0 Å². The maximum atomic E-state index is 12.3. The van der Waals surface area contributed by atoms with Gasteiger partial charge in [0.25, 0.3) is 0 Å². The fourth-order valence-electron chi connectivity index (χ4n) is 2.81. The van der Waals surface area contributed by atoms with E-state index >= 15 is 0 Å². The average Bonchev–Trinajstić information content (AvgIpc) is 3.41. The summed E-state index contributed by atoms with van der Waals surface area (Å²) in [5, 5.41) is 12.9. The fraction of sp³-hybridized carbons (Fsp3) is 0.211. The summed E-state index contributed by atoms with van der Waals surface area (Å²) in [6, 6.07) is 12.1. The van der Waals surface area contributed by atoms with E-state index in [1.807, 2.05) is 6.07 Å². The molecule has 1 amide bonds. The molecule has 9 heteroatoms. The molecular formula is C19H17ClN4O3S.